The maximum absolute atomic E-state index is 12.7. The van der Waals surface area contributed by atoms with Crippen LogP contribution in [0.2, 0.25) is 0 Å². The zero-order chi connectivity index (χ0) is 23.1. The molecule has 10 nitrogen and oxygen atoms in total. The highest BCUT2D eigenvalue weighted by Gasteiger charge is 2.16. The van der Waals surface area contributed by atoms with E-state index in [1.54, 1.807) is 24.3 Å². The van der Waals surface area contributed by atoms with Gasteiger partial charge in [-0.1, -0.05) is 6.07 Å². The zero-order valence-electron chi connectivity index (χ0n) is 16.8. The number of carbonyl (C=O) groups excluding carboxylic acids is 1. The van der Waals surface area contributed by atoms with Gasteiger partial charge in [0.25, 0.3) is 21.6 Å². The number of hydrogen-bond acceptors (Lipinski definition) is 7. The summed E-state index contributed by atoms with van der Waals surface area (Å²) in [4.78, 5) is 22.4. The van der Waals surface area contributed by atoms with Crippen LogP contribution in [0.3, 0.4) is 0 Å². The molecule has 3 rings (SSSR count). The third-order valence-corrected chi connectivity index (χ3v) is 5.61. The summed E-state index contributed by atoms with van der Waals surface area (Å²) in [6, 6.07) is 17.4. The molecular formula is C21H18N4O6S. The lowest BCUT2D eigenvalue weighted by molar-refractivity contribution is -0.384. The van der Waals surface area contributed by atoms with Crippen molar-refractivity contribution in [2.75, 3.05) is 11.8 Å². The van der Waals surface area contributed by atoms with Crippen LogP contribution in [0.1, 0.15) is 15.9 Å². The van der Waals surface area contributed by atoms with Gasteiger partial charge in [-0.3, -0.25) is 19.6 Å². The van der Waals surface area contributed by atoms with Crippen LogP contribution < -0.4 is 14.9 Å². The summed E-state index contributed by atoms with van der Waals surface area (Å²) in [5.41, 5.74) is 3.20. The number of hydrogen-bond donors (Lipinski definition) is 2. The first kappa shape index (κ1) is 22.4. The van der Waals surface area contributed by atoms with Crippen LogP contribution in [-0.4, -0.2) is 32.6 Å². The summed E-state index contributed by atoms with van der Waals surface area (Å²) >= 11 is 0. The first-order chi connectivity index (χ1) is 15.3. The van der Waals surface area contributed by atoms with Crippen molar-refractivity contribution in [2.45, 2.75) is 4.90 Å². The number of amides is 1. The summed E-state index contributed by atoms with van der Waals surface area (Å²) in [6.45, 7) is 0. The van der Waals surface area contributed by atoms with Gasteiger partial charge in [0.15, 0.2) is 0 Å². The number of ether oxygens (including phenoxy) is 1. The number of rotatable bonds is 8. The highest BCUT2D eigenvalue weighted by atomic mass is 32.2. The van der Waals surface area contributed by atoms with E-state index in [0.717, 1.165) is 0 Å². The smallest absolute Gasteiger partial charge is 0.271 e. The Morgan fingerprint density at radius 1 is 1.06 bits per heavy atom. The Bertz CT molecular complexity index is 1260. The molecule has 3 aromatic carbocycles. The lowest BCUT2D eigenvalue weighted by Gasteiger charge is -2.09. The number of nitrogens with one attached hydrogen (secondary N) is 2. The van der Waals surface area contributed by atoms with E-state index >= 15 is 0 Å². The van der Waals surface area contributed by atoms with Gasteiger partial charge in [0, 0.05) is 23.4 Å². The third-order valence-electron chi connectivity index (χ3n) is 4.23. The Morgan fingerprint density at radius 2 is 1.75 bits per heavy atom. The van der Waals surface area contributed by atoms with Gasteiger partial charge in [-0.2, -0.15) is 5.10 Å². The molecule has 1 amide bonds. The number of nitro benzene ring substituents is 1. The first-order valence-corrected chi connectivity index (χ1v) is 10.6. The molecule has 0 saturated carbocycles. The molecule has 32 heavy (non-hydrogen) atoms. The number of anilines is 1. The lowest BCUT2D eigenvalue weighted by atomic mass is 10.2. The topological polar surface area (TPSA) is 140 Å². The van der Waals surface area contributed by atoms with Crippen LogP contribution in [0.4, 0.5) is 11.4 Å². The van der Waals surface area contributed by atoms with Crippen LogP contribution in [0, 0.1) is 10.1 Å². The van der Waals surface area contributed by atoms with E-state index in [0.29, 0.717) is 17.0 Å². The minimum Gasteiger partial charge on any atom is -0.497 e. The maximum Gasteiger partial charge on any atom is 0.271 e. The number of benzene rings is 3. The molecule has 3 aromatic rings. The summed E-state index contributed by atoms with van der Waals surface area (Å²) in [5, 5.41) is 14.5. The largest absolute Gasteiger partial charge is 0.497 e. The Kier molecular flexibility index (Phi) is 6.80. The van der Waals surface area contributed by atoms with Crippen molar-refractivity contribution in [2.24, 2.45) is 5.10 Å². The molecule has 0 aromatic heterocycles. The molecule has 11 heteroatoms. The lowest BCUT2D eigenvalue weighted by Crippen LogP contribution is -2.19. The monoisotopic (exact) mass is 454 g/mol. The molecule has 0 heterocycles. The molecule has 0 aliphatic rings. The maximum atomic E-state index is 12.7. The molecule has 0 atom stereocenters. The standard InChI is InChI=1S/C21H18N4O6S/c1-31-19-11-7-17(8-12-19)24-32(29,30)20-4-2-3-16(13-20)21(26)23-22-14-15-5-9-18(10-6-15)25(27)28/h2-14,24H,1H3,(H,23,26). The Hall–Kier alpha value is -4.25. The predicted molar refractivity (Wildman–Crippen MR) is 118 cm³/mol. The highest BCUT2D eigenvalue weighted by Crippen LogP contribution is 2.20. The quantitative estimate of drug-likeness (QED) is 0.304. The molecule has 164 valence electrons. The summed E-state index contributed by atoms with van der Waals surface area (Å²) in [6.07, 6.45) is 1.31. The van der Waals surface area contributed by atoms with Crippen LogP contribution in [0.15, 0.2) is 82.8 Å². The number of non-ortho nitro benzene ring substituents is 1. The van der Waals surface area contributed by atoms with Gasteiger partial charge in [-0.15, -0.1) is 0 Å². The van der Waals surface area contributed by atoms with Gasteiger partial charge in [0.05, 0.1) is 23.1 Å². The van der Waals surface area contributed by atoms with Gasteiger partial charge < -0.3 is 4.74 Å². The number of methoxy groups -OCH3 is 1. The minimum absolute atomic E-state index is 0.0625. The second-order valence-corrected chi connectivity index (χ2v) is 8.09. The zero-order valence-corrected chi connectivity index (χ0v) is 17.6. The van der Waals surface area contributed by atoms with Gasteiger partial charge in [0.1, 0.15) is 5.75 Å². The molecule has 0 spiro atoms. The van der Waals surface area contributed by atoms with E-state index in [4.69, 9.17) is 4.74 Å². The second-order valence-electron chi connectivity index (χ2n) is 6.41. The fourth-order valence-electron chi connectivity index (χ4n) is 2.59. The number of carbonyl (C=O) groups is 1. The highest BCUT2D eigenvalue weighted by molar-refractivity contribution is 7.92. The number of hydrazone groups is 1. The molecule has 0 bridgehead atoms. The fraction of sp³-hybridized carbons (Fsp3) is 0.0476. The van der Waals surface area contributed by atoms with Crippen molar-refractivity contribution in [3.05, 3.63) is 94.0 Å². The van der Waals surface area contributed by atoms with Gasteiger partial charge >= 0.3 is 0 Å². The van der Waals surface area contributed by atoms with Gasteiger partial charge in [-0.05, 0) is 60.2 Å². The van der Waals surface area contributed by atoms with E-state index in [9.17, 15) is 23.3 Å². The number of nitro groups is 1. The molecule has 0 saturated heterocycles. The average molecular weight is 454 g/mol. The number of nitrogens with zero attached hydrogens (tertiary/aromatic N) is 2. The van der Waals surface area contributed by atoms with Crippen molar-refractivity contribution in [1.29, 1.82) is 0 Å². The first-order valence-electron chi connectivity index (χ1n) is 9.13. The molecular weight excluding hydrogens is 436 g/mol. The normalized spacial score (nSPS) is 11.2. The van der Waals surface area contributed by atoms with E-state index < -0.39 is 20.9 Å². The van der Waals surface area contributed by atoms with Crippen LogP contribution in [-0.2, 0) is 10.0 Å². The van der Waals surface area contributed by atoms with Crippen molar-refractivity contribution in [3.8, 4) is 5.75 Å². The second kappa shape index (κ2) is 9.71. The molecule has 0 aliphatic carbocycles. The Labute approximate surface area is 183 Å². The van der Waals surface area contributed by atoms with E-state index in [2.05, 4.69) is 15.2 Å². The van der Waals surface area contributed by atoms with Gasteiger partial charge in [0.2, 0.25) is 0 Å². The van der Waals surface area contributed by atoms with E-state index in [-0.39, 0.29) is 16.1 Å². The average Bonchev–Trinajstić information content (AvgIpc) is 2.79. The van der Waals surface area contributed by atoms with Crippen molar-refractivity contribution >= 4 is 33.5 Å². The van der Waals surface area contributed by atoms with Crippen LogP contribution in [0.5, 0.6) is 5.75 Å². The predicted octanol–water partition coefficient (Wildman–Crippen LogP) is 3.17. The van der Waals surface area contributed by atoms with Crippen molar-refractivity contribution < 1.29 is 22.9 Å². The van der Waals surface area contributed by atoms with Crippen LogP contribution >= 0.6 is 0 Å². The van der Waals surface area contributed by atoms with E-state index in [1.165, 1.54) is 61.9 Å². The summed E-state index contributed by atoms with van der Waals surface area (Å²) < 4.78 is 32.8. The Morgan fingerprint density at radius 3 is 2.38 bits per heavy atom. The van der Waals surface area contributed by atoms with Gasteiger partial charge in [-0.25, -0.2) is 13.8 Å². The Balaban J connectivity index is 1.68. The fourth-order valence-corrected chi connectivity index (χ4v) is 3.69. The van der Waals surface area contributed by atoms with E-state index in [1.807, 2.05) is 0 Å². The summed E-state index contributed by atoms with van der Waals surface area (Å²) in [5.74, 6) is -0.0365. The minimum atomic E-state index is -3.93. The molecule has 2 N–H and O–H groups in total. The molecule has 0 aliphatic heterocycles. The number of sulfonamides is 1. The van der Waals surface area contributed by atoms with Crippen LogP contribution in [0.25, 0.3) is 0 Å². The van der Waals surface area contributed by atoms with Crippen molar-refractivity contribution in [3.63, 3.8) is 0 Å². The SMILES string of the molecule is COc1ccc(NS(=O)(=O)c2cccc(C(=O)NN=Cc3ccc([N+](=O)[O-])cc3)c2)cc1. The summed E-state index contributed by atoms with van der Waals surface area (Å²) in [7, 11) is -2.42. The third kappa shape index (κ3) is 5.67. The molecule has 0 radical (unpaired) electrons. The molecule has 0 unspecified atom stereocenters. The van der Waals surface area contributed by atoms with Crippen molar-refractivity contribution in [1.82, 2.24) is 5.43 Å². The molecule has 0 fully saturated rings.